The van der Waals surface area contributed by atoms with E-state index in [9.17, 15) is 0 Å². The minimum Gasteiger partial charge on any atom is -0.302 e. The topological polar surface area (TPSA) is 15.3 Å². The third kappa shape index (κ3) is 2.58. The summed E-state index contributed by atoms with van der Waals surface area (Å²) in [6.07, 6.45) is 4.03. The zero-order chi connectivity index (χ0) is 12.2. The minimum atomic E-state index is 0.664. The summed E-state index contributed by atoms with van der Waals surface area (Å²) >= 11 is 0. The van der Waals surface area contributed by atoms with Gasteiger partial charge in [-0.3, -0.25) is 4.90 Å². The fourth-order valence-corrected chi connectivity index (χ4v) is 3.17. The SMILES string of the molecule is C(#Cc1ccccc1)CNC1CCN2CCCC12. The molecule has 0 bridgehead atoms. The van der Waals surface area contributed by atoms with Crippen LogP contribution in [-0.2, 0) is 0 Å². The van der Waals surface area contributed by atoms with E-state index in [1.54, 1.807) is 0 Å². The lowest BCUT2D eigenvalue weighted by Gasteiger charge is -2.20. The van der Waals surface area contributed by atoms with Gasteiger partial charge in [0.2, 0.25) is 0 Å². The summed E-state index contributed by atoms with van der Waals surface area (Å²) in [5.41, 5.74) is 1.10. The highest BCUT2D eigenvalue weighted by Gasteiger charge is 2.36. The van der Waals surface area contributed by atoms with Gasteiger partial charge in [0.1, 0.15) is 0 Å². The third-order valence-electron chi connectivity index (χ3n) is 4.07. The van der Waals surface area contributed by atoms with Gasteiger partial charge < -0.3 is 5.32 Å². The van der Waals surface area contributed by atoms with Crippen LogP contribution in [0.25, 0.3) is 0 Å². The van der Waals surface area contributed by atoms with Crippen molar-refractivity contribution < 1.29 is 0 Å². The number of rotatable bonds is 2. The summed E-state index contributed by atoms with van der Waals surface area (Å²) in [5.74, 6) is 6.43. The molecule has 0 saturated carbocycles. The maximum absolute atomic E-state index is 3.61. The number of fused-ring (bicyclic) bond motifs is 1. The van der Waals surface area contributed by atoms with E-state index in [0.29, 0.717) is 6.04 Å². The predicted molar refractivity (Wildman–Crippen MR) is 74.3 cm³/mol. The van der Waals surface area contributed by atoms with Crippen LogP contribution in [0.5, 0.6) is 0 Å². The van der Waals surface area contributed by atoms with Crippen LogP contribution in [0.4, 0.5) is 0 Å². The third-order valence-corrected chi connectivity index (χ3v) is 4.07. The molecular formula is C16H20N2. The molecule has 2 nitrogen and oxygen atoms in total. The monoisotopic (exact) mass is 240 g/mol. The molecule has 2 aliphatic heterocycles. The second-order valence-electron chi connectivity index (χ2n) is 5.19. The zero-order valence-electron chi connectivity index (χ0n) is 10.7. The number of nitrogens with one attached hydrogen (secondary N) is 1. The van der Waals surface area contributed by atoms with E-state index in [2.05, 4.69) is 34.2 Å². The first-order valence-electron chi connectivity index (χ1n) is 6.95. The first-order valence-corrected chi connectivity index (χ1v) is 6.95. The summed E-state index contributed by atoms with van der Waals surface area (Å²) in [6, 6.07) is 11.6. The predicted octanol–water partition coefficient (Wildman–Crippen LogP) is 1.86. The first-order chi connectivity index (χ1) is 8.93. The van der Waals surface area contributed by atoms with Crippen molar-refractivity contribution in [3.63, 3.8) is 0 Å². The normalized spacial score (nSPS) is 26.7. The lowest BCUT2D eigenvalue weighted by molar-refractivity contribution is 0.302. The Morgan fingerprint density at radius 1 is 1.17 bits per heavy atom. The Morgan fingerprint density at radius 2 is 2.06 bits per heavy atom. The molecule has 2 heteroatoms. The Hall–Kier alpha value is -1.30. The van der Waals surface area contributed by atoms with Gasteiger partial charge in [-0.25, -0.2) is 0 Å². The van der Waals surface area contributed by atoms with Crippen molar-refractivity contribution in [3.8, 4) is 11.8 Å². The minimum absolute atomic E-state index is 0.664. The molecule has 2 fully saturated rings. The van der Waals surface area contributed by atoms with Crippen LogP contribution in [0.3, 0.4) is 0 Å². The molecule has 0 radical (unpaired) electrons. The molecule has 94 valence electrons. The molecule has 2 aliphatic rings. The Bertz CT molecular complexity index is 443. The Morgan fingerprint density at radius 3 is 2.94 bits per heavy atom. The van der Waals surface area contributed by atoms with Gasteiger partial charge in [0.05, 0.1) is 6.54 Å². The maximum Gasteiger partial charge on any atom is 0.0582 e. The molecule has 3 rings (SSSR count). The van der Waals surface area contributed by atoms with Gasteiger partial charge in [-0.15, -0.1) is 0 Å². The van der Waals surface area contributed by atoms with Crippen molar-refractivity contribution >= 4 is 0 Å². The van der Waals surface area contributed by atoms with Crippen LogP contribution in [0.1, 0.15) is 24.8 Å². The molecular weight excluding hydrogens is 220 g/mol. The molecule has 2 atom stereocenters. The number of nitrogens with zero attached hydrogens (tertiary/aromatic N) is 1. The molecule has 0 amide bonds. The van der Waals surface area contributed by atoms with Gasteiger partial charge in [-0.05, 0) is 37.9 Å². The molecule has 1 N–H and O–H groups in total. The summed E-state index contributed by atoms with van der Waals surface area (Å²) < 4.78 is 0. The van der Waals surface area contributed by atoms with Gasteiger partial charge in [-0.1, -0.05) is 30.0 Å². The van der Waals surface area contributed by atoms with Crippen LogP contribution >= 0.6 is 0 Å². The molecule has 18 heavy (non-hydrogen) atoms. The van der Waals surface area contributed by atoms with Crippen molar-refractivity contribution in [2.75, 3.05) is 19.6 Å². The molecule has 0 aliphatic carbocycles. The highest BCUT2D eigenvalue weighted by Crippen LogP contribution is 2.27. The molecule has 2 saturated heterocycles. The highest BCUT2D eigenvalue weighted by molar-refractivity contribution is 5.33. The molecule has 1 aromatic rings. The van der Waals surface area contributed by atoms with Gasteiger partial charge in [-0.2, -0.15) is 0 Å². The lowest BCUT2D eigenvalue weighted by atomic mass is 10.1. The van der Waals surface area contributed by atoms with Gasteiger partial charge in [0.15, 0.2) is 0 Å². The summed E-state index contributed by atoms with van der Waals surface area (Å²) in [6.45, 7) is 3.39. The maximum atomic E-state index is 3.61. The summed E-state index contributed by atoms with van der Waals surface area (Å²) in [4.78, 5) is 2.63. The molecule has 2 unspecified atom stereocenters. The first kappa shape index (κ1) is 11.8. The van der Waals surface area contributed by atoms with E-state index in [1.165, 1.54) is 32.4 Å². The Labute approximate surface area is 109 Å². The van der Waals surface area contributed by atoms with E-state index in [4.69, 9.17) is 0 Å². The molecule has 0 spiro atoms. The largest absolute Gasteiger partial charge is 0.302 e. The summed E-state index contributed by atoms with van der Waals surface area (Å²) in [7, 11) is 0. The standard InChI is InChI=1S/C16H20N2/c1-2-6-14(7-3-1)8-4-11-17-15-10-13-18-12-5-9-16(15)18/h1-3,6-7,15-17H,5,9-13H2. The van der Waals surface area contributed by atoms with Crippen molar-refractivity contribution in [1.82, 2.24) is 10.2 Å². The Kier molecular flexibility index (Phi) is 3.64. The van der Waals surface area contributed by atoms with E-state index < -0.39 is 0 Å². The Balaban J connectivity index is 1.49. The van der Waals surface area contributed by atoms with Gasteiger partial charge in [0, 0.05) is 24.2 Å². The van der Waals surface area contributed by atoms with Crippen LogP contribution in [-0.4, -0.2) is 36.6 Å². The molecule has 0 aromatic heterocycles. The second kappa shape index (κ2) is 5.56. The fourth-order valence-electron chi connectivity index (χ4n) is 3.17. The molecule has 2 heterocycles. The highest BCUT2D eigenvalue weighted by atomic mass is 15.2. The van der Waals surface area contributed by atoms with Crippen LogP contribution in [0, 0.1) is 11.8 Å². The van der Waals surface area contributed by atoms with E-state index >= 15 is 0 Å². The van der Waals surface area contributed by atoms with Crippen LogP contribution in [0.2, 0.25) is 0 Å². The van der Waals surface area contributed by atoms with Crippen LogP contribution < -0.4 is 5.32 Å². The van der Waals surface area contributed by atoms with Gasteiger partial charge >= 0.3 is 0 Å². The number of benzene rings is 1. The number of hydrogen-bond acceptors (Lipinski definition) is 2. The fraction of sp³-hybridized carbons (Fsp3) is 0.500. The van der Waals surface area contributed by atoms with Crippen LogP contribution in [0.15, 0.2) is 30.3 Å². The van der Waals surface area contributed by atoms with Gasteiger partial charge in [0.25, 0.3) is 0 Å². The van der Waals surface area contributed by atoms with Crippen molar-refractivity contribution in [1.29, 1.82) is 0 Å². The smallest absolute Gasteiger partial charge is 0.0582 e. The van der Waals surface area contributed by atoms with Crippen molar-refractivity contribution in [2.24, 2.45) is 0 Å². The average Bonchev–Trinajstić information content (AvgIpc) is 3.00. The van der Waals surface area contributed by atoms with E-state index in [0.717, 1.165) is 18.2 Å². The van der Waals surface area contributed by atoms with E-state index in [1.807, 2.05) is 18.2 Å². The zero-order valence-corrected chi connectivity index (χ0v) is 10.7. The second-order valence-corrected chi connectivity index (χ2v) is 5.19. The quantitative estimate of drug-likeness (QED) is 0.794. The van der Waals surface area contributed by atoms with Crippen molar-refractivity contribution in [3.05, 3.63) is 35.9 Å². The van der Waals surface area contributed by atoms with E-state index in [-0.39, 0.29) is 0 Å². The van der Waals surface area contributed by atoms with Crippen molar-refractivity contribution in [2.45, 2.75) is 31.3 Å². The lowest BCUT2D eigenvalue weighted by Crippen LogP contribution is -2.39. The average molecular weight is 240 g/mol. The summed E-state index contributed by atoms with van der Waals surface area (Å²) in [5, 5.41) is 3.61. The number of hydrogen-bond donors (Lipinski definition) is 1. The molecule has 1 aromatic carbocycles.